The summed E-state index contributed by atoms with van der Waals surface area (Å²) in [5.41, 5.74) is 0.819. The molecule has 0 unspecified atom stereocenters. The van der Waals surface area contributed by atoms with E-state index >= 15 is 0 Å². The highest BCUT2D eigenvalue weighted by atomic mass is 19.1. The monoisotopic (exact) mass is 219 g/mol. The first-order valence-electron chi connectivity index (χ1n) is 4.78. The van der Waals surface area contributed by atoms with Gasteiger partial charge in [0.15, 0.2) is 0 Å². The Balaban J connectivity index is 1.99. The van der Waals surface area contributed by atoms with Crippen LogP contribution < -0.4 is 4.74 Å². The van der Waals surface area contributed by atoms with E-state index in [9.17, 15) is 8.78 Å². The molecule has 0 saturated heterocycles. The van der Waals surface area contributed by atoms with Crippen LogP contribution in [0.2, 0.25) is 0 Å². The highest BCUT2D eigenvalue weighted by Gasteiger charge is 1.98. The Morgan fingerprint density at radius 1 is 1.00 bits per heavy atom. The molecule has 0 aromatic heterocycles. The number of halogens is 2. The van der Waals surface area contributed by atoms with E-state index in [1.54, 1.807) is 12.1 Å². The number of benzene rings is 2. The van der Waals surface area contributed by atoms with Crippen molar-refractivity contribution in [3.63, 3.8) is 0 Å². The summed E-state index contributed by atoms with van der Waals surface area (Å²) in [4.78, 5) is 0. The third kappa shape index (κ3) is 2.79. The summed E-state index contributed by atoms with van der Waals surface area (Å²) in [6.07, 6.45) is 0. The Morgan fingerprint density at radius 2 is 1.75 bits per heavy atom. The normalized spacial score (nSPS) is 10.1. The van der Waals surface area contributed by atoms with E-state index in [1.807, 2.05) is 0 Å². The minimum atomic E-state index is -0.368. The molecule has 0 saturated carbocycles. The Labute approximate surface area is 92.3 Å². The second-order valence-electron chi connectivity index (χ2n) is 3.29. The molecular weight excluding hydrogens is 210 g/mol. The van der Waals surface area contributed by atoms with Crippen LogP contribution in [0.15, 0.2) is 42.5 Å². The highest BCUT2D eigenvalue weighted by Crippen LogP contribution is 2.13. The predicted molar refractivity (Wildman–Crippen MR) is 56.0 cm³/mol. The smallest absolute Gasteiger partial charge is 0.130 e. The lowest BCUT2D eigenvalue weighted by molar-refractivity contribution is 0.304. The summed E-state index contributed by atoms with van der Waals surface area (Å²) in [5.74, 6) is -0.321. The molecule has 3 heteroatoms. The number of hydrogen-bond donors (Lipinski definition) is 0. The van der Waals surface area contributed by atoms with Crippen molar-refractivity contribution in [2.75, 3.05) is 0 Å². The summed E-state index contributed by atoms with van der Waals surface area (Å²) in [6, 6.07) is 12.7. The average Bonchev–Trinajstić information content (AvgIpc) is 2.28. The molecule has 1 nitrogen and oxygen atoms in total. The topological polar surface area (TPSA) is 9.23 Å². The van der Waals surface area contributed by atoms with E-state index < -0.39 is 0 Å². The Bertz CT molecular complexity index is 466. The van der Waals surface area contributed by atoms with Crippen LogP contribution in [-0.2, 0) is 6.61 Å². The molecule has 2 rings (SSSR count). The van der Waals surface area contributed by atoms with E-state index in [1.165, 1.54) is 30.3 Å². The van der Waals surface area contributed by atoms with E-state index in [0.29, 0.717) is 5.75 Å². The van der Waals surface area contributed by atoms with Crippen LogP contribution >= 0.6 is 0 Å². The van der Waals surface area contributed by atoms with Crippen LogP contribution in [0.4, 0.5) is 8.78 Å². The van der Waals surface area contributed by atoms with Crippen molar-refractivity contribution in [1.29, 1.82) is 0 Å². The lowest BCUT2D eigenvalue weighted by Gasteiger charge is -2.05. The van der Waals surface area contributed by atoms with Crippen LogP contribution in [0, 0.1) is 17.7 Å². The molecule has 0 bridgehead atoms. The molecule has 0 heterocycles. The van der Waals surface area contributed by atoms with Crippen molar-refractivity contribution in [2.24, 2.45) is 0 Å². The standard InChI is InChI=1S/C13H9F2O/c14-11-6-4-10(5-7-11)9-16-13-3-1-2-12(15)8-13/h1-2,4-8H,9H2. The first kappa shape index (κ1) is 10.6. The fraction of sp³-hybridized carbons (Fsp3) is 0.0769. The quantitative estimate of drug-likeness (QED) is 0.769. The van der Waals surface area contributed by atoms with Gasteiger partial charge in [-0.25, -0.2) is 8.78 Å². The molecule has 0 aliphatic rings. The van der Waals surface area contributed by atoms with Gasteiger partial charge in [-0.05, 0) is 29.8 Å². The van der Waals surface area contributed by atoms with Gasteiger partial charge in [0.2, 0.25) is 0 Å². The molecule has 2 aromatic rings. The molecule has 1 radical (unpaired) electrons. The van der Waals surface area contributed by atoms with Crippen LogP contribution in [0.3, 0.4) is 0 Å². The number of rotatable bonds is 3. The molecule has 0 amide bonds. The van der Waals surface area contributed by atoms with Crippen LogP contribution in [0.1, 0.15) is 5.56 Å². The van der Waals surface area contributed by atoms with E-state index in [0.717, 1.165) is 5.56 Å². The lowest BCUT2D eigenvalue weighted by Crippen LogP contribution is -1.95. The zero-order valence-corrected chi connectivity index (χ0v) is 8.41. The minimum Gasteiger partial charge on any atom is -0.488 e. The third-order valence-corrected chi connectivity index (χ3v) is 2.04. The lowest BCUT2D eigenvalue weighted by atomic mass is 10.2. The second-order valence-corrected chi connectivity index (χ2v) is 3.29. The molecule has 0 N–H and O–H groups in total. The molecular formula is C13H9F2O. The van der Waals surface area contributed by atoms with Gasteiger partial charge in [-0.1, -0.05) is 12.1 Å². The molecule has 0 aliphatic heterocycles. The van der Waals surface area contributed by atoms with Crippen molar-refractivity contribution in [2.45, 2.75) is 6.61 Å². The molecule has 0 aliphatic carbocycles. The van der Waals surface area contributed by atoms with Crippen LogP contribution in [0.25, 0.3) is 0 Å². The summed E-state index contributed by atoms with van der Waals surface area (Å²) in [6.45, 7) is 0.264. The number of hydrogen-bond acceptors (Lipinski definition) is 1. The van der Waals surface area contributed by atoms with Crippen molar-refractivity contribution >= 4 is 0 Å². The van der Waals surface area contributed by atoms with Gasteiger partial charge in [-0.2, -0.15) is 0 Å². The highest BCUT2D eigenvalue weighted by molar-refractivity contribution is 5.22. The van der Waals surface area contributed by atoms with Gasteiger partial charge in [0.1, 0.15) is 24.0 Å². The Kier molecular flexibility index (Phi) is 3.15. The second kappa shape index (κ2) is 4.75. The summed E-state index contributed by atoms with van der Waals surface area (Å²) < 4.78 is 30.7. The van der Waals surface area contributed by atoms with Crippen molar-refractivity contribution in [3.05, 3.63) is 65.7 Å². The van der Waals surface area contributed by atoms with Crippen molar-refractivity contribution < 1.29 is 13.5 Å². The van der Waals surface area contributed by atoms with E-state index in [4.69, 9.17) is 4.74 Å². The maximum atomic E-state index is 12.8. The zero-order chi connectivity index (χ0) is 11.4. The van der Waals surface area contributed by atoms with Crippen molar-refractivity contribution in [3.8, 4) is 5.75 Å². The first-order chi connectivity index (χ1) is 7.74. The van der Waals surface area contributed by atoms with Gasteiger partial charge in [0.05, 0.1) is 0 Å². The van der Waals surface area contributed by atoms with Gasteiger partial charge in [0.25, 0.3) is 0 Å². The van der Waals surface area contributed by atoms with Gasteiger partial charge < -0.3 is 4.74 Å². The largest absolute Gasteiger partial charge is 0.488 e. The van der Waals surface area contributed by atoms with Crippen molar-refractivity contribution in [1.82, 2.24) is 0 Å². The van der Waals surface area contributed by atoms with Crippen LogP contribution in [0.5, 0.6) is 5.75 Å². The fourth-order valence-electron chi connectivity index (χ4n) is 1.24. The summed E-state index contributed by atoms with van der Waals surface area (Å²) in [5, 5.41) is 0. The van der Waals surface area contributed by atoms with Crippen LogP contribution in [-0.4, -0.2) is 0 Å². The molecule has 81 valence electrons. The molecule has 0 atom stereocenters. The van der Waals surface area contributed by atoms with E-state index in [2.05, 4.69) is 6.07 Å². The minimum absolute atomic E-state index is 0.264. The SMILES string of the molecule is Fc1ccc(COc2[c]ccc(F)c2)cc1. The third-order valence-electron chi connectivity index (χ3n) is 2.04. The van der Waals surface area contributed by atoms with Gasteiger partial charge in [0, 0.05) is 12.1 Å². The predicted octanol–water partition coefficient (Wildman–Crippen LogP) is 3.34. The molecule has 0 spiro atoms. The zero-order valence-electron chi connectivity index (χ0n) is 8.41. The molecule has 0 fully saturated rings. The van der Waals surface area contributed by atoms with E-state index in [-0.39, 0.29) is 18.2 Å². The van der Waals surface area contributed by atoms with Gasteiger partial charge >= 0.3 is 0 Å². The molecule has 2 aromatic carbocycles. The summed E-state index contributed by atoms with van der Waals surface area (Å²) >= 11 is 0. The fourth-order valence-corrected chi connectivity index (χ4v) is 1.24. The maximum absolute atomic E-state index is 12.8. The van der Waals surface area contributed by atoms with Gasteiger partial charge in [-0.15, -0.1) is 0 Å². The Hall–Kier alpha value is -1.90. The maximum Gasteiger partial charge on any atom is 0.130 e. The average molecular weight is 219 g/mol. The first-order valence-corrected chi connectivity index (χ1v) is 4.78. The Morgan fingerprint density at radius 3 is 2.44 bits per heavy atom. The molecule has 16 heavy (non-hydrogen) atoms. The number of ether oxygens (including phenoxy) is 1. The summed E-state index contributed by atoms with van der Waals surface area (Å²) in [7, 11) is 0. The van der Waals surface area contributed by atoms with Gasteiger partial charge in [-0.3, -0.25) is 0 Å².